The van der Waals surface area contributed by atoms with Gasteiger partial charge in [0, 0.05) is 28.3 Å². The van der Waals surface area contributed by atoms with Crippen molar-refractivity contribution < 1.29 is 4.42 Å². The van der Waals surface area contributed by atoms with Crippen LogP contribution in [0.3, 0.4) is 0 Å². The van der Waals surface area contributed by atoms with E-state index in [1.54, 1.807) is 6.07 Å². The zero-order chi connectivity index (χ0) is 18.8. The molecular formula is C21H20N2O2S. The van der Waals surface area contributed by atoms with Crippen LogP contribution in [0.15, 0.2) is 44.5 Å². The lowest BCUT2D eigenvalue weighted by Gasteiger charge is -2.17. The Morgan fingerprint density at radius 3 is 2.38 bits per heavy atom. The van der Waals surface area contributed by atoms with Gasteiger partial charge in [0.05, 0.1) is 10.8 Å². The second-order valence-electron chi connectivity index (χ2n) is 6.14. The first-order chi connectivity index (χ1) is 12.5. The van der Waals surface area contributed by atoms with Crippen molar-refractivity contribution in [2.24, 2.45) is 4.99 Å². The van der Waals surface area contributed by atoms with Crippen LogP contribution in [0, 0.1) is 6.92 Å². The minimum atomic E-state index is -0.283. The van der Waals surface area contributed by atoms with Crippen molar-refractivity contribution in [1.29, 1.82) is 0 Å². The highest BCUT2D eigenvalue weighted by atomic mass is 32.1. The van der Waals surface area contributed by atoms with E-state index < -0.39 is 0 Å². The third-order valence-electron chi connectivity index (χ3n) is 4.74. The number of aliphatic imine (C=N–C) groups is 1. The molecular weight excluding hydrogens is 344 g/mol. The summed E-state index contributed by atoms with van der Waals surface area (Å²) in [7, 11) is 0. The van der Waals surface area contributed by atoms with Crippen LogP contribution in [0.25, 0.3) is 22.1 Å². The summed E-state index contributed by atoms with van der Waals surface area (Å²) in [5, 5.41) is 3.35. The highest BCUT2D eigenvalue weighted by Gasteiger charge is 2.18. The highest BCUT2D eigenvalue weighted by Crippen LogP contribution is 2.38. The van der Waals surface area contributed by atoms with Crippen molar-refractivity contribution in [1.82, 2.24) is 0 Å². The molecule has 0 unspecified atom stereocenters. The van der Waals surface area contributed by atoms with E-state index in [9.17, 15) is 4.79 Å². The first kappa shape index (κ1) is 18.1. The van der Waals surface area contributed by atoms with Gasteiger partial charge in [0.15, 0.2) is 0 Å². The molecule has 0 aliphatic carbocycles. The van der Waals surface area contributed by atoms with Crippen LogP contribution in [0.4, 0.5) is 11.4 Å². The number of nitrogens with zero attached hydrogens (tertiary/aromatic N) is 1. The first-order valence-electron chi connectivity index (χ1n) is 8.57. The molecule has 0 bridgehead atoms. The van der Waals surface area contributed by atoms with Crippen LogP contribution in [0.1, 0.15) is 30.5 Å². The van der Waals surface area contributed by atoms with Crippen LogP contribution in [-0.2, 0) is 12.8 Å². The Kier molecular flexibility index (Phi) is 5.03. The summed E-state index contributed by atoms with van der Waals surface area (Å²) < 4.78 is 5.56. The topological polar surface area (TPSA) is 68.6 Å². The summed E-state index contributed by atoms with van der Waals surface area (Å²) in [5.74, 6) is 0. The smallest absolute Gasteiger partial charge is 0.339 e. The normalized spacial score (nSPS) is 10.7. The first-order valence-corrected chi connectivity index (χ1v) is 8.98. The quantitative estimate of drug-likeness (QED) is 0.299. The van der Waals surface area contributed by atoms with Gasteiger partial charge in [-0.05, 0) is 60.8 Å². The fourth-order valence-corrected chi connectivity index (χ4v) is 3.66. The molecule has 0 spiro atoms. The lowest BCUT2D eigenvalue weighted by Crippen LogP contribution is -2.11. The van der Waals surface area contributed by atoms with Crippen molar-refractivity contribution in [3.63, 3.8) is 0 Å². The van der Waals surface area contributed by atoms with E-state index in [0.29, 0.717) is 23.3 Å². The number of hydrogen-bond acceptors (Lipinski definition) is 5. The van der Waals surface area contributed by atoms with Gasteiger partial charge in [-0.25, -0.2) is 4.79 Å². The Labute approximate surface area is 157 Å². The zero-order valence-electron chi connectivity index (χ0n) is 15.1. The average molecular weight is 364 g/mol. The number of isothiocyanates is 1. The maximum Gasteiger partial charge on any atom is 0.339 e. The van der Waals surface area contributed by atoms with Gasteiger partial charge in [0.25, 0.3) is 0 Å². The zero-order valence-corrected chi connectivity index (χ0v) is 15.9. The molecule has 0 aliphatic heterocycles. The minimum Gasteiger partial charge on any atom is -0.422 e. The Balaban J connectivity index is 2.37. The Morgan fingerprint density at radius 2 is 1.81 bits per heavy atom. The maximum atomic E-state index is 12.2. The van der Waals surface area contributed by atoms with E-state index in [1.165, 1.54) is 0 Å². The van der Waals surface area contributed by atoms with E-state index >= 15 is 0 Å². The van der Waals surface area contributed by atoms with Gasteiger partial charge >= 0.3 is 5.63 Å². The van der Waals surface area contributed by atoms with Gasteiger partial charge in [0.2, 0.25) is 0 Å². The van der Waals surface area contributed by atoms with Crippen molar-refractivity contribution in [2.75, 3.05) is 5.73 Å². The lowest BCUT2D eigenvalue weighted by molar-refractivity contribution is 0.549. The molecule has 3 aromatic rings. The molecule has 0 radical (unpaired) electrons. The van der Waals surface area contributed by atoms with Crippen molar-refractivity contribution in [2.45, 2.75) is 33.6 Å². The Hall–Kier alpha value is -2.75. The Morgan fingerprint density at radius 1 is 1.15 bits per heavy atom. The highest BCUT2D eigenvalue weighted by molar-refractivity contribution is 7.78. The molecule has 26 heavy (non-hydrogen) atoms. The molecule has 5 heteroatoms. The lowest BCUT2D eigenvalue weighted by atomic mass is 9.90. The minimum absolute atomic E-state index is 0.283. The summed E-state index contributed by atoms with van der Waals surface area (Å²) in [6.45, 7) is 6.03. The van der Waals surface area contributed by atoms with E-state index in [1.807, 2.05) is 38.1 Å². The molecule has 0 amide bonds. The third kappa shape index (κ3) is 2.96. The van der Waals surface area contributed by atoms with E-state index in [4.69, 9.17) is 10.2 Å². The van der Waals surface area contributed by atoms with Gasteiger partial charge in [-0.1, -0.05) is 26.0 Å². The number of anilines is 1. The number of nitrogen functional groups attached to an aromatic ring is 1. The number of thiocarbonyl (C=S) groups is 1. The SMILES string of the molecule is CCc1c(C)c2c(CC)c(-c3ccc(N=C=S)cc3)c(N)cc2oc1=O. The number of nitrogens with two attached hydrogens (primary N) is 1. The van der Waals surface area contributed by atoms with E-state index in [-0.39, 0.29) is 5.63 Å². The molecule has 2 aromatic carbocycles. The number of benzene rings is 2. The number of rotatable bonds is 4. The average Bonchev–Trinajstić information content (AvgIpc) is 2.62. The fraction of sp³-hybridized carbons (Fsp3) is 0.238. The molecule has 132 valence electrons. The molecule has 1 heterocycles. The fourth-order valence-electron chi connectivity index (χ4n) is 3.55. The summed E-state index contributed by atoms with van der Waals surface area (Å²) in [6.07, 6.45) is 1.41. The second-order valence-corrected chi connectivity index (χ2v) is 6.33. The van der Waals surface area contributed by atoms with Gasteiger partial charge in [-0.2, -0.15) is 4.99 Å². The molecule has 0 atom stereocenters. The van der Waals surface area contributed by atoms with Crippen molar-refractivity contribution in [3.05, 3.63) is 57.4 Å². The predicted molar refractivity (Wildman–Crippen MR) is 111 cm³/mol. The van der Waals surface area contributed by atoms with Crippen LogP contribution >= 0.6 is 12.2 Å². The monoisotopic (exact) mass is 364 g/mol. The third-order valence-corrected chi connectivity index (χ3v) is 4.83. The van der Waals surface area contributed by atoms with E-state index in [0.717, 1.165) is 39.7 Å². The van der Waals surface area contributed by atoms with Crippen LogP contribution < -0.4 is 11.4 Å². The summed E-state index contributed by atoms with van der Waals surface area (Å²) in [4.78, 5) is 16.2. The van der Waals surface area contributed by atoms with Crippen molar-refractivity contribution >= 4 is 39.7 Å². The summed E-state index contributed by atoms with van der Waals surface area (Å²) in [6, 6.07) is 9.45. The molecule has 0 fully saturated rings. The van der Waals surface area contributed by atoms with Crippen LogP contribution in [-0.4, -0.2) is 5.16 Å². The molecule has 0 saturated heterocycles. The number of fused-ring (bicyclic) bond motifs is 1. The van der Waals surface area contributed by atoms with Crippen LogP contribution in [0.2, 0.25) is 0 Å². The molecule has 2 N–H and O–H groups in total. The summed E-state index contributed by atoms with van der Waals surface area (Å²) in [5.41, 5.74) is 12.7. The molecule has 1 aromatic heterocycles. The molecule has 0 aliphatic rings. The maximum absolute atomic E-state index is 12.2. The molecule has 0 saturated carbocycles. The van der Waals surface area contributed by atoms with E-state index in [2.05, 4.69) is 29.3 Å². The largest absolute Gasteiger partial charge is 0.422 e. The van der Waals surface area contributed by atoms with Crippen LogP contribution in [0.5, 0.6) is 0 Å². The van der Waals surface area contributed by atoms with Gasteiger partial charge in [0.1, 0.15) is 5.58 Å². The van der Waals surface area contributed by atoms with Gasteiger partial charge in [-0.15, -0.1) is 0 Å². The number of aryl methyl sites for hydroxylation is 2. The van der Waals surface area contributed by atoms with Crippen molar-refractivity contribution in [3.8, 4) is 11.1 Å². The second kappa shape index (κ2) is 7.24. The Bertz CT molecular complexity index is 1090. The number of hydrogen-bond donors (Lipinski definition) is 1. The van der Waals surface area contributed by atoms with Gasteiger partial charge < -0.3 is 10.2 Å². The van der Waals surface area contributed by atoms with Gasteiger partial charge in [-0.3, -0.25) is 0 Å². The molecule has 3 rings (SSSR count). The molecule has 4 nitrogen and oxygen atoms in total. The standard InChI is InChI=1S/C21H20N2O2S/c1-4-15-12(3)19-16(5-2)20(17(22)10-18(19)25-21(15)24)13-6-8-14(9-7-13)23-11-26/h6-10H,4-5,22H2,1-3H3. The summed E-state index contributed by atoms with van der Waals surface area (Å²) >= 11 is 4.65. The predicted octanol–water partition coefficient (Wildman–Crippen LogP) is 5.21.